The summed E-state index contributed by atoms with van der Waals surface area (Å²) in [5.41, 5.74) is 0.460. The molecule has 2 aliphatic rings. The van der Waals surface area contributed by atoms with E-state index in [-0.39, 0.29) is 0 Å². The highest BCUT2D eigenvalue weighted by molar-refractivity contribution is 7.99. The Morgan fingerprint density at radius 1 is 1.67 bits per heavy atom. The van der Waals surface area contributed by atoms with Gasteiger partial charge < -0.3 is 5.11 Å². The Balaban J connectivity index is 1.86. The molecule has 1 saturated carbocycles. The van der Waals surface area contributed by atoms with Gasteiger partial charge in [-0.3, -0.25) is 4.79 Å². The van der Waals surface area contributed by atoms with Crippen LogP contribution in [0, 0.1) is 11.3 Å². The van der Waals surface area contributed by atoms with Crippen molar-refractivity contribution in [2.45, 2.75) is 25.7 Å². The Hall–Kier alpha value is -0.180. The molecule has 0 aromatic carbocycles. The molecule has 2 unspecified atom stereocenters. The van der Waals surface area contributed by atoms with E-state index in [1.54, 1.807) is 0 Å². The third-order valence-electron chi connectivity index (χ3n) is 3.13. The summed E-state index contributed by atoms with van der Waals surface area (Å²) < 4.78 is 0. The van der Waals surface area contributed by atoms with Crippen LogP contribution >= 0.6 is 11.8 Å². The molecule has 0 radical (unpaired) electrons. The molecule has 1 saturated heterocycles. The first-order valence-corrected chi connectivity index (χ1v) is 5.68. The number of carbonyl (C=O) groups is 1. The number of hydrogen-bond donors (Lipinski definition) is 1. The topological polar surface area (TPSA) is 37.3 Å². The lowest BCUT2D eigenvalue weighted by atomic mass is 9.98. The van der Waals surface area contributed by atoms with E-state index in [4.69, 9.17) is 5.11 Å². The summed E-state index contributed by atoms with van der Waals surface area (Å²) in [5, 5.41) is 8.63. The standard InChI is InChI=1S/C9H14O2S/c10-8(11)4-7-5-9(7)2-1-3-12-6-9/h7H,1-6H2,(H,10,11). The van der Waals surface area contributed by atoms with Gasteiger partial charge in [0, 0.05) is 6.42 Å². The SMILES string of the molecule is O=C(O)CC1CC12CCCSC2. The molecule has 1 heterocycles. The van der Waals surface area contributed by atoms with E-state index in [0.29, 0.717) is 17.8 Å². The molecule has 2 rings (SSSR count). The van der Waals surface area contributed by atoms with Gasteiger partial charge in [0.1, 0.15) is 0 Å². The lowest BCUT2D eigenvalue weighted by Gasteiger charge is -2.21. The number of rotatable bonds is 2. The van der Waals surface area contributed by atoms with Crippen LogP contribution in [0.1, 0.15) is 25.7 Å². The normalized spacial score (nSPS) is 39.8. The molecule has 1 aliphatic heterocycles. The van der Waals surface area contributed by atoms with E-state index in [1.807, 2.05) is 11.8 Å². The molecule has 12 heavy (non-hydrogen) atoms. The van der Waals surface area contributed by atoms with Gasteiger partial charge in [-0.2, -0.15) is 11.8 Å². The first-order valence-electron chi connectivity index (χ1n) is 4.52. The zero-order valence-corrected chi connectivity index (χ0v) is 7.90. The minimum absolute atomic E-state index is 0.403. The number of carboxylic acids is 1. The lowest BCUT2D eigenvalue weighted by Crippen LogP contribution is -2.15. The van der Waals surface area contributed by atoms with Gasteiger partial charge in [0.15, 0.2) is 0 Å². The van der Waals surface area contributed by atoms with Gasteiger partial charge in [0.2, 0.25) is 0 Å². The summed E-state index contributed by atoms with van der Waals surface area (Å²) in [4.78, 5) is 10.5. The average Bonchev–Trinajstić information content (AvgIpc) is 2.63. The Morgan fingerprint density at radius 2 is 2.50 bits per heavy atom. The maximum Gasteiger partial charge on any atom is 0.303 e. The summed E-state index contributed by atoms with van der Waals surface area (Å²) >= 11 is 2.00. The molecule has 1 N–H and O–H groups in total. The van der Waals surface area contributed by atoms with Crippen LogP contribution in [0.2, 0.25) is 0 Å². The van der Waals surface area contributed by atoms with Crippen LogP contribution in [-0.4, -0.2) is 22.6 Å². The molecule has 0 bridgehead atoms. The summed E-state index contributed by atoms with van der Waals surface area (Å²) in [5.74, 6) is 2.38. The number of aliphatic carboxylic acids is 1. The van der Waals surface area contributed by atoms with Crippen molar-refractivity contribution >= 4 is 17.7 Å². The molecule has 2 fully saturated rings. The summed E-state index contributed by atoms with van der Waals surface area (Å²) in [6.45, 7) is 0. The molecule has 2 atom stereocenters. The monoisotopic (exact) mass is 186 g/mol. The molecule has 1 spiro atoms. The largest absolute Gasteiger partial charge is 0.481 e. The molecular formula is C9H14O2S. The number of hydrogen-bond acceptors (Lipinski definition) is 2. The van der Waals surface area contributed by atoms with E-state index >= 15 is 0 Å². The zero-order chi connectivity index (χ0) is 8.60. The summed E-state index contributed by atoms with van der Waals surface area (Å²) in [6.07, 6.45) is 4.14. The van der Waals surface area contributed by atoms with E-state index in [2.05, 4.69) is 0 Å². The van der Waals surface area contributed by atoms with Gasteiger partial charge >= 0.3 is 5.97 Å². The van der Waals surface area contributed by atoms with Crippen molar-refractivity contribution in [3.05, 3.63) is 0 Å². The third-order valence-corrected chi connectivity index (χ3v) is 4.49. The van der Waals surface area contributed by atoms with E-state index in [0.717, 1.165) is 0 Å². The Kier molecular flexibility index (Phi) is 2.07. The van der Waals surface area contributed by atoms with Gasteiger partial charge in [-0.05, 0) is 42.1 Å². The van der Waals surface area contributed by atoms with Crippen molar-refractivity contribution in [2.24, 2.45) is 11.3 Å². The second kappa shape index (κ2) is 2.95. The minimum Gasteiger partial charge on any atom is -0.481 e. The van der Waals surface area contributed by atoms with Gasteiger partial charge in [-0.15, -0.1) is 0 Å². The fraction of sp³-hybridized carbons (Fsp3) is 0.889. The number of thioether (sulfide) groups is 1. The Bertz CT molecular complexity index is 197. The van der Waals surface area contributed by atoms with E-state index in [1.165, 1.54) is 30.8 Å². The molecule has 0 aromatic rings. The Labute approximate surface area is 76.7 Å². The highest BCUT2D eigenvalue weighted by Gasteiger charge is 2.54. The quantitative estimate of drug-likeness (QED) is 0.716. The maximum absolute atomic E-state index is 10.5. The van der Waals surface area contributed by atoms with Crippen molar-refractivity contribution in [1.82, 2.24) is 0 Å². The van der Waals surface area contributed by atoms with Crippen LogP contribution in [-0.2, 0) is 4.79 Å². The second-order valence-corrected chi connectivity index (χ2v) is 5.12. The predicted molar refractivity (Wildman–Crippen MR) is 49.4 cm³/mol. The van der Waals surface area contributed by atoms with Crippen molar-refractivity contribution in [3.63, 3.8) is 0 Å². The third kappa shape index (κ3) is 1.47. The Morgan fingerprint density at radius 3 is 3.08 bits per heavy atom. The molecule has 1 aliphatic carbocycles. The fourth-order valence-corrected chi connectivity index (χ4v) is 3.69. The van der Waals surface area contributed by atoms with Crippen LogP contribution in [0.5, 0.6) is 0 Å². The van der Waals surface area contributed by atoms with Crippen molar-refractivity contribution in [3.8, 4) is 0 Å². The second-order valence-electron chi connectivity index (χ2n) is 4.02. The van der Waals surface area contributed by atoms with Gasteiger partial charge in [-0.25, -0.2) is 0 Å². The van der Waals surface area contributed by atoms with Gasteiger partial charge in [0.05, 0.1) is 0 Å². The van der Waals surface area contributed by atoms with Crippen LogP contribution in [0.4, 0.5) is 0 Å². The van der Waals surface area contributed by atoms with Crippen molar-refractivity contribution < 1.29 is 9.90 Å². The van der Waals surface area contributed by atoms with Crippen LogP contribution in [0.3, 0.4) is 0 Å². The lowest BCUT2D eigenvalue weighted by molar-refractivity contribution is -0.137. The fourth-order valence-electron chi connectivity index (χ4n) is 2.29. The molecule has 68 valence electrons. The molecule has 2 nitrogen and oxygen atoms in total. The highest BCUT2D eigenvalue weighted by Crippen LogP contribution is 2.61. The highest BCUT2D eigenvalue weighted by atomic mass is 32.2. The first kappa shape index (κ1) is 8.42. The van der Waals surface area contributed by atoms with Crippen LogP contribution in [0.25, 0.3) is 0 Å². The first-order chi connectivity index (χ1) is 5.73. The molecule has 0 amide bonds. The maximum atomic E-state index is 10.5. The average molecular weight is 186 g/mol. The summed E-state index contributed by atoms with van der Waals surface area (Å²) in [7, 11) is 0. The molecule has 0 aromatic heterocycles. The van der Waals surface area contributed by atoms with Gasteiger partial charge in [-0.1, -0.05) is 0 Å². The zero-order valence-electron chi connectivity index (χ0n) is 7.08. The number of carboxylic acid groups (broad SMARTS) is 1. The smallest absolute Gasteiger partial charge is 0.303 e. The van der Waals surface area contributed by atoms with Gasteiger partial charge in [0.25, 0.3) is 0 Å². The minimum atomic E-state index is -0.618. The molecule has 3 heteroatoms. The van der Waals surface area contributed by atoms with E-state index < -0.39 is 5.97 Å². The predicted octanol–water partition coefficient (Wildman–Crippen LogP) is 1.99. The summed E-state index contributed by atoms with van der Waals surface area (Å²) in [6, 6.07) is 0. The van der Waals surface area contributed by atoms with Crippen molar-refractivity contribution in [2.75, 3.05) is 11.5 Å². The van der Waals surface area contributed by atoms with E-state index in [9.17, 15) is 4.79 Å². The van der Waals surface area contributed by atoms with Crippen LogP contribution in [0.15, 0.2) is 0 Å². The molecular weight excluding hydrogens is 172 g/mol. The van der Waals surface area contributed by atoms with Crippen molar-refractivity contribution in [1.29, 1.82) is 0 Å². The van der Waals surface area contributed by atoms with Crippen LogP contribution < -0.4 is 0 Å².